The van der Waals surface area contributed by atoms with Gasteiger partial charge in [-0.25, -0.2) is 0 Å². The standard InChI is InChI=1S/C20H32N2O.2ClH/c1-16(2)23-19-10-8-18(9-11-19)20(17-6-4-3-5-7-17)22-14-12-21-13-15-22;;/h8-11,16-17,20-21H,3-7,12-15H2,1-2H3;2*1H/t20-;;/m1../s1. The van der Waals surface area contributed by atoms with E-state index in [2.05, 4.69) is 48.3 Å². The molecule has 0 bridgehead atoms. The zero-order valence-electron chi connectivity index (χ0n) is 15.6. The van der Waals surface area contributed by atoms with Gasteiger partial charge in [0, 0.05) is 32.2 Å². The lowest BCUT2D eigenvalue weighted by Crippen LogP contribution is -2.47. The number of nitrogens with zero attached hydrogens (tertiary/aromatic N) is 1. The minimum Gasteiger partial charge on any atom is -0.491 e. The largest absolute Gasteiger partial charge is 0.491 e. The monoisotopic (exact) mass is 388 g/mol. The van der Waals surface area contributed by atoms with Crippen LogP contribution in [0.2, 0.25) is 0 Å². The second-order valence-electron chi connectivity index (χ2n) is 7.36. The van der Waals surface area contributed by atoms with E-state index in [-0.39, 0.29) is 30.9 Å². The smallest absolute Gasteiger partial charge is 0.119 e. The molecule has 1 heterocycles. The third-order valence-electron chi connectivity index (χ3n) is 5.23. The van der Waals surface area contributed by atoms with Gasteiger partial charge in [0.15, 0.2) is 0 Å². The van der Waals surface area contributed by atoms with Crippen LogP contribution >= 0.6 is 24.8 Å². The molecule has 1 aliphatic heterocycles. The van der Waals surface area contributed by atoms with E-state index in [1.807, 2.05) is 0 Å². The fourth-order valence-electron chi connectivity index (χ4n) is 4.21. The topological polar surface area (TPSA) is 24.5 Å². The summed E-state index contributed by atoms with van der Waals surface area (Å²) in [6.07, 6.45) is 7.25. The van der Waals surface area contributed by atoms with Crippen LogP contribution < -0.4 is 10.1 Å². The molecule has 0 amide bonds. The van der Waals surface area contributed by atoms with Crippen molar-refractivity contribution in [3.8, 4) is 5.75 Å². The highest BCUT2D eigenvalue weighted by Gasteiger charge is 2.30. The fourth-order valence-corrected chi connectivity index (χ4v) is 4.21. The van der Waals surface area contributed by atoms with Gasteiger partial charge >= 0.3 is 0 Å². The molecule has 1 saturated carbocycles. The summed E-state index contributed by atoms with van der Waals surface area (Å²) in [6, 6.07) is 9.52. The summed E-state index contributed by atoms with van der Waals surface area (Å²) < 4.78 is 5.82. The maximum atomic E-state index is 5.82. The Balaban J connectivity index is 0.00000156. The van der Waals surface area contributed by atoms with Crippen molar-refractivity contribution in [3.63, 3.8) is 0 Å². The van der Waals surface area contributed by atoms with Crippen LogP contribution in [0.1, 0.15) is 57.6 Å². The number of ether oxygens (including phenoxy) is 1. The maximum absolute atomic E-state index is 5.82. The third-order valence-corrected chi connectivity index (χ3v) is 5.23. The number of hydrogen-bond donors (Lipinski definition) is 1. The summed E-state index contributed by atoms with van der Waals surface area (Å²) in [5.74, 6) is 1.81. The lowest BCUT2D eigenvalue weighted by Gasteiger charge is -2.41. The molecule has 1 saturated heterocycles. The first-order chi connectivity index (χ1) is 11.2. The number of benzene rings is 1. The number of piperazine rings is 1. The Labute approximate surface area is 165 Å². The Hall–Kier alpha value is -0.480. The van der Waals surface area contributed by atoms with E-state index in [1.165, 1.54) is 50.8 Å². The Bertz CT molecular complexity index is 451. The van der Waals surface area contributed by atoms with Crippen LogP contribution in [-0.4, -0.2) is 37.2 Å². The van der Waals surface area contributed by atoms with Crippen LogP contribution in [0.4, 0.5) is 0 Å². The minimum absolute atomic E-state index is 0. The molecule has 3 rings (SSSR count). The second-order valence-corrected chi connectivity index (χ2v) is 7.36. The fraction of sp³-hybridized carbons (Fsp3) is 0.700. The van der Waals surface area contributed by atoms with Crippen LogP contribution in [0.25, 0.3) is 0 Å². The maximum Gasteiger partial charge on any atom is 0.119 e. The van der Waals surface area contributed by atoms with E-state index >= 15 is 0 Å². The van der Waals surface area contributed by atoms with E-state index in [9.17, 15) is 0 Å². The Morgan fingerprint density at radius 1 is 0.960 bits per heavy atom. The van der Waals surface area contributed by atoms with Gasteiger partial charge in [-0.05, 0) is 50.3 Å². The average molecular weight is 389 g/mol. The van der Waals surface area contributed by atoms with Crippen LogP contribution in [0, 0.1) is 5.92 Å². The molecule has 1 N–H and O–H groups in total. The van der Waals surface area contributed by atoms with Crippen LogP contribution in [0.3, 0.4) is 0 Å². The molecule has 5 heteroatoms. The first-order valence-corrected chi connectivity index (χ1v) is 9.45. The lowest BCUT2D eigenvalue weighted by atomic mass is 9.80. The summed E-state index contributed by atoms with van der Waals surface area (Å²) in [5, 5.41) is 3.49. The first-order valence-electron chi connectivity index (χ1n) is 9.45. The van der Waals surface area contributed by atoms with Crippen molar-refractivity contribution in [2.24, 2.45) is 5.92 Å². The summed E-state index contributed by atoms with van der Waals surface area (Å²) in [4.78, 5) is 2.71. The van der Waals surface area contributed by atoms with E-state index in [0.29, 0.717) is 6.04 Å². The summed E-state index contributed by atoms with van der Waals surface area (Å²) in [7, 11) is 0. The van der Waals surface area contributed by atoms with Gasteiger partial charge in [-0.15, -0.1) is 24.8 Å². The van der Waals surface area contributed by atoms with Crippen molar-refractivity contribution >= 4 is 24.8 Å². The molecule has 1 atom stereocenters. The van der Waals surface area contributed by atoms with Gasteiger partial charge in [0.25, 0.3) is 0 Å². The lowest BCUT2D eigenvalue weighted by molar-refractivity contribution is 0.103. The molecule has 2 fully saturated rings. The van der Waals surface area contributed by atoms with E-state index in [0.717, 1.165) is 24.8 Å². The Morgan fingerprint density at radius 2 is 1.56 bits per heavy atom. The Morgan fingerprint density at radius 3 is 2.12 bits per heavy atom. The molecule has 0 radical (unpaired) electrons. The summed E-state index contributed by atoms with van der Waals surface area (Å²) in [5.41, 5.74) is 1.48. The molecular weight excluding hydrogens is 355 g/mol. The highest BCUT2D eigenvalue weighted by molar-refractivity contribution is 5.85. The zero-order valence-corrected chi connectivity index (χ0v) is 17.2. The quantitative estimate of drug-likeness (QED) is 0.780. The van der Waals surface area contributed by atoms with E-state index in [4.69, 9.17) is 4.74 Å². The van der Waals surface area contributed by atoms with Crippen LogP contribution in [0.5, 0.6) is 5.75 Å². The van der Waals surface area contributed by atoms with Gasteiger partial charge in [0.2, 0.25) is 0 Å². The van der Waals surface area contributed by atoms with Crippen molar-refractivity contribution in [3.05, 3.63) is 29.8 Å². The molecule has 144 valence electrons. The minimum atomic E-state index is 0. The molecular formula is C20H34Cl2N2O. The molecule has 0 aromatic heterocycles. The summed E-state index contributed by atoms with van der Waals surface area (Å²) >= 11 is 0. The van der Waals surface area contributed by atoms with Crippen LogP contribution in [-0.2, 0) is 0 Å². The molecule has 1 aromatic rings. The normalized spacial score (nSPS) is 20.4. The van der Waals surface area contributed by atoms with Crippen LogP contribution in [0.15, 0.2) is 24.3 Å². The molecule has 25 heavy (non-hydrogen) atoms. The number of rotatable bonds is 5. The third kappa shape index (κ3) is 6.32. The van der Waals surface area contributed by atoms with E-state index < -0.39 is 0 Å². The number of nitrogens with one attached hydrogen (secondary N) is 1. The van der Waals surface area contributed by atoms with Gasteiger partial charge in [0.1, 0.15) is 5.75 Å². The highest BCUT2D eigenvalue weighted by Crippen LogP contribution is 2.39. The zero-order chi connectivity index (χ0) is 16.1. The number of halogens is 2. The molecule has 1 aromatic carbocycles. The van der Waals surface area contributed by atoms with Crippen molar-refractivity contribution < 1.29 is 4.74 Å². The SMILES string of the molecule is CC(C)Oc1ccc([C@@H](C2CCCCC2)N2CCNCC2)cc1.Cl.Cl. The first kappa shape index (κ1) is 22.6. The second kappa shape index (κ2) is 11.3. The highest BCUT2D eigenvalue weighted by atomic mass is 35.5. The predicted octanol–water partition coefficient (Wildman–Crippen LogP) is 4.84. The number of hydrogen-bond acceptors (Lipinski definition) is 3. The average Bonchev–Trinajstić information content (AvgIpc) is 2.58. The van der Waals surface area contributed by atoms with Gasteiger partial charge < -0.3 is 10.1 Å². The molecule has 3 nitrogen and oxygen atoms in total. The van der Waals surface area contributed by atoms with Crippen molar-refractivity contribution in [1.82, 2.24) is 10.2 Å². The van der Waals surface area contributed by atoms with Crippen molar-refractivity contribution in [1.29, 1.82) is 0 Å². The van der Waals surface area contributed by atoms with Gasteiger partial charge in [-0.3, -0.25) is 4.90 Å². The van der Waals surface area contributed by atoms with Gasteiger partial charge in [-0.1, -0.05) is 31.4 Å². The predicted molar refractivity (Wildman–Crippen MR) is 110 cm³/mol. The van der Waals surface area contributed by atoms with Gasteiger partial charge in [0.05, 0.1) is 6.10 Å². The molecule has 0 spiro atoms. The molecule has 0 unspecified atom stereocenters. The van der Waals surface area contributed by atoms with E-state index in [1.54, 1.807) is 0 Å². The Kier molecular flexibility index (Phi) is 10.2. The molecule has 2 aliphatic rings. The van der Waals surface area contributed by atoms with Crippen molar-refractivity contribution in [2.75, 3.05) is 26.2 Å². The summed E-state index contributed by atoms with van der Waals surface area (Å²) in [6.45, 7) is 8.76. The van der Waals surface area contributed by atoms with Gasteiger partial charge in [-0.2, -0.15) is 0 Å². The van der Waals surface area contributed by atoms with Crippen molar-refractivity contribution in [2.45, 2.75) is 58.1 Å². The molecule has 1 aliphatic carbocycles.